The number of primary amides is 1. The van der Waals surface area contributed by atoms with Gasteiger partial charge in [-0.15, -0.1) is 0 Å². The predicted molar refractivity (Wildman–Crippen MR) is 131 cm³/mol. The third-order valence-electron chi connectivity index (χ3n) is 5.37. The Kier molecular flexibility index (Phi) is 8.20. The van der Waals surface area contributed by atoms with Crippen LogP contribution in [0.15, 0.2) is 54.6 Å². The van der Waals surface area contributed by atoms with E-state index in [1.807, 2.05) is 54.6 Å². The van der Waals surface area contributed by atoms with Crippen molar-refractivity contribution in [3.05, 3.63) is 76.3 Å². The second-order valence-electron chi connectivity index (χ2n) is 7.61. The van der Waals surface area contributed by atoms with E-state index in [9.17, 15) is 14.4 Å². The lowest BCUT2D eigenvalue weighted by Crippen LogP contribution is -2.48. The highest BCUT2D eigenvalue weighted by Gasteiger charge is 2.30. The molecule has 178 valence electrons. The number of aromatic nitrogens is 1. The molecule has 5 N–H and O–H groups in total. The van der Waals surface area contributed by atoms with Gasteiger partial charge in [0, 0.05) is 13.1 Å². The van der Waals surface area contributed by atoms with Gasteiger partial charge >= 0.3 is 0 Å². The summed E-state index contributed by atoms with van der Waals surface area (Å²) in [5, 5.41) is 2.87. The molecule has 1 atom stereocenters. The topological polar surface area (TPSA) is 141 Å². The van der Waals surface area contributed by atoms with Crippen LogP contribution in [0.3, 0.4) is 0 Å². The highest BCUT2D eigenvalue weighted by molar-refractivity contribution is 7.09. The molecule has 1 heterocycles. The van der Waals surface area contributed by atoms with Crippen molar-refractivity contribution in [2.45, 2.75) is 25.9 Å². The molecule has 0 aliphatic rings. The molecule has 0 saturated carbocycles. The number of carbonyl (C=O) groups excluding carboxylic acids is 3. The maximum absolute atomic E-state index is 13.4. The zero-order valence-corrected chi connectivity index (χ0v) is 19.8. The van der Waals surface area contributed by atoms with Crippen molar-refractivity contribution >= 4 is 34.9 Å². The van der Waals surface area contributed by atoms with Crippen LogP contribution in [0, 0.1) is 0 Å². The molecule has 0 aliphatic heterocycles. The van der Waals surface area contributed by atoms with E-state index in [0.29, 0.717) is 13.0 Å². The molecule has 0 radical (unpaired) electrons. The number of hydrogen-bond acceptors (Lipinski definition) is 7. The highest BCUT2D eigenvalue weighted by Crippen LogP contribution is 2.24. The van der Waals surface area contributed by atoms with Gasteiger partial charge in [-0.05, 0) is 48.1 Å². The Morgan fingerprint density at radius 1 is 1.09 bits per heavy atom. The lowest BCUT2D eigenvalue weighted by Gasteiger charge is -2.28. The van der Waals surface area contributed by atoms with Crippen molar-refractivity contribution in [2.75, 3.05) is 19.4 Å². The van der Waals surface area contributed by atoms with Gasteiger partial charge in [-0.2, -0.15) is 4.37 Å². The molecule has 10 heteroatoms. The summed E-state index contributed by atoms with van der Waals surface area (Å²) in [7, 11) is 1.59. The number of amides is 3. The van der Waals surface area contributed by atoms with Gasteiger partial charge in [-0.3, -0.25) is 14.4 Å². The van der Waals surface area contributed by atoms with Crippen molar-refractivity contribution in [1.82, 2.24) is 14.6 Å². The van der Waals surface area contributed by atoms with Crippen LogP contribution in [0.1, 0.15) is 38.2 Å². The number of rotatable bonds is 10. The van der Waals surface area contributed by atoms with Crippen LogP contribution in [0.25, 0.3) is 0 Å². The van der Waals surface area contributed by atoms with Gasteiger partial charge in [0.15, 0.2) is 5.69 Å². The van der Waals surface area contributed by atoms with E-state index in [4.69, 9.17) is 16.2 Å². The maximum Gasteiger partial charge on any atom is 0.270 e. The summed E-state index contributed by atoms with van der Waals surface area (Å²) in [6.45, 7) is 2.21. The number of methoxy groups -OCH3 is 1. The first kappa shape index (κ1) is 24.7. The first-order chi connectivity index (χ1) is 16.3. The van der Waals surface area contributed by atoms with E-state index in [1.54, 1.807) is 14.0 Å². The fraction of sp³-hybridized carbons (Fsp3) is 0.250. The Bertz CT molecular complexity index is 1150. The minimum absolute atomic E-state index is 0.0712. The zero-order valence-electron chi connectivity index (χ0n) is 19.0. The van der Waals surface area contributed by atoms with Crippen LogP contribution in [0.4, 0.5) is 5.69 Å². The van der Waals surface area contributed by atoms with Crippen LogP contribution >= 0.6 is 11.5 Å². The van der Waals surface area contributed by atoms with Crippen LogP contribution < -0.4 is 21.5 Å². The summed E-state index contributed by atoms with van der Waals surface area (Å²) < 4.78 is 9.06. The van der Waals surface area contributed by atoms with Gasteiger partial charge < -0.3 is 26.4 Å². The number of nitrogens with one attached hydrogen (secondary N) is 1. The number of benzene rings is 2. The molecule has 3 rings (SSSR count). The molecule has 1 aromatic heterocycles. The minimum atomic E-state index is -0.811. The molecule has 2 aromatic carbocycles. The Balaban J connectivity index is 1.77. The normalized spacial score (nSPS) is 11.5. The molecule has 0 fully saturated rings. The minimum Gasteiger partial charge on any atom is -0.497 e. The van der Waals surface area contributed by atoms with E-state index >= 15 is 0 Å². The molecule has 0 aliphatic carbocycles. The molecule has 34 heavy (non-hydrogen) atoms. The Morgan fingerprint density at radius 3 is 2.35 bits per heavy atom. The first-order valence-electron chi connectivity index (χ1n) is 10.6. The van der Waals surface area contributed by atoms with Gasteiger partial charge in [-0.25, -0.2) is 0 Å². The second kappa shape index (κ2) is 11.3. The summed E-state index contributed by atoms with van der Waals surface area (Å²) in [5.74, 6) is -0.895. The second-order valence-corrected chi connectivity index (χ2v) is 8.39. The number of nitrogens with zero attached hydrogens (tertiary/aromatic N) is 2. The average Bonchev–Trinajstić information content (AvgIpc) is 3.24. The van der Waals surface area contributed by atoms with E-state index < -0.39 is 17.9 Å². The van der Waals surface area contributed by atoms with Crippen LogP contribution in [0.5, 0.6) is 5.75 Å². The molecule has 0 spiro atoms. The quantitative estimate of drug-likeness (QED) is 0.406. The molecular weight excluding hydrogens is 454 g/mol. The van der Waals surface area contributed by atoms with Crippen LogP contribution in [-0.2, 0) is 17.8 Å². The van der Waals surface area contributed by atoms with Crippen molar-refractivity contribution < 1.29 is 19.1 Å². The van der Waals surface area contributed by atoms with Gasteiger partial charge in [0.1, 0.15) is 16.7 Å². The van der Waals surface area contributed by atoms with E-state index in [1.165, 1.54) is 4.90 Å². The predicted octanol–water partition coefficient (Wildman–Crippen LogP) is 2.22. The highest BCUT2D eigenvalue weighted by atomic mass is 32.1. The number of carbonyl (C=O) groups is 3. The summed E-state index contributed by atoms with van der Waals surface area (Å²) >= 11 is 0.795. The summed E-state index contributed by atoms with van der Waals surface area (Å²) in [6, 6.07) is 16.1. The van der Waals surface area contributed by atoms with Crippen molar-refractivity contribution in [1.29, 1.82) is 0 Å². The maximum atomic E-state index is 13.4. The molecular formula is C24H27N5O4S. The fourth-order valence-corrected chi connectivity index (χ4v) is 4.11. The first-order valence-corrected chi connectivity index (χ1v) is 11.4. The molecule has 0 bridgehead atoms. The third kappa shape index (κ3) is 5.90. The number of ether oxygens (including phenoxy) is 1. The molecule has 0 unspecified atom stereocenters. The van der Waals surface area contributed by atoms with Crippen molar-refractivity contribution in [2.24, 2.45) is 5.73 Å². The summed E-state index contributed by atoms with van der Waals surface area (Å²) in [6.07, 6.45) is 0.532. The largest absolute Gasteiger partial charge is 0.497 e. The number of anilines is 1. The average molecular weight is 482 g/mol. The zero-order chi connectivity index (χ0) is 24.7. The van der Waals surface area contributed by atoms with Gasteiger partial charge in [0.05, 0.1) is 12.8 Å². The van der Waals surface area contributed by atoms with Gasteiger partial charge in [-0.1, -0.05) is 42.5 Å². The SMILES string of the molecule is COc1ccc(CNC(=O)[C@@H](C)N(CCc2ccccc2)C(=O)c2snc(C(N)=O)c2N)cc1. The van der Waals surface area contributed by atoms with E-state index in [2.05, 4.69) is 9.69 Å². The summed E-state index contributed by atoms with van der Waals surface area (Å²) in [5.41, 5.74) is 13.0. The monoisotopic (exact) mass is 481 g/mol. The Morgan fingerprint density at radius 2 is 1.76 bits per heavy atom. The fourth-order valence-electron chi connectivity index (χ4n) is 3.35. The van der Waals surface area contributed by atoms with E-state index in [0.717, 1.165) is 28.4 Å². The number of nitrogen functional groups attached to an aromatic ring is 1. The number of nitrogens with two attached hydrogens (primary N) is 2. The lowest BCUT2D eigenvalue weighted by molar-refractivity contribution is -0.125. The molecule has 3 aromatic rings. The van der Waals surface area contributed by atoms with Gasteiger partial charge in [0.25, 0.3) is 11.8 Å². The smallest absolute Gasteiger partial charge is 0.270 e. The van der Waals surface area contributed by atoms with E-state index in [-0.39, 0.29) is 28.7 Å². The molecule has 3 amide bonds. The Hall–Kier alpha value is -3.92. The van der Waals surface area contributed by atoms with Crippen LogP contribution in [-0.4, -0.2) is 46.7 Å². The van der Waals surface area contributed by atoms with Crippen molar-refractivity contribution in [3.8, 4) is 5.75 Å². The molecule has 9 nitrogen and oxygen atoms in total. The molecule has 0 saturated heterocycles. The lowest BCUT2D eigenvalue weighted by atomic mass is 10.1. The Labute approximate surface area is 201 Å². The third-order valence-corrected chi connectivity index (χ3v) is 6.22. The van der Waals surface area contributed by atoms with Crippen LogP contribution in [0.2, 0.25) is 0 Å². The standard InChI is InChI=1S/C24H27N5O4S/c1-15(23(31)27-14-17-8-10-18(33-2)11-9-17)29(13-12-16-6-4-3-5-7-16)24(32)21-19(25)20(22(26)30)28-34-21/h3-11,15H,12-14,25H2,1-2H3,(H2,26,30)(H,27,31)/t15-/m1/s1. The number of hydrogen-bond donors (Lipinski definition) is 3. The summed E-state index contributed by atoms with van der Waals surface area (Å²) in [4.78, 5) is 39.4. The van der Waals surface area contributed by atoms with Crippen molar-refractivity contribution in [3.63, 3.8) is 0 Å². The van der Waals surface area contributed by atoms with Gasteiger partial charge in [0.2, 0.25) is 5.91 Å².